The van der Waals surface area contributed by atoms with Crippen molar-refractivity contribution in [1.82, 2.24) is 4.90 Å². The van der Waals surface area contributed by atoms with Crippen molar-refractivity contribution in [3.63, 3.8) is 0 Å². The largest absolute Gasteiger partial charge is 0.493 e. The molecular weight excluding hydrogens is 330 g/mol. The Morgan fingerprint density at radius 3 is 2.58 bits per heavy atom. The first-order chi connectivity index (χ1) is 12.5. The quantitative estimate of drug-likeness (QED) is 0.828. The zero-order valence-corrected chi connectivity index (χ0v) is 15.4. The third-order valence-electron chi connectivity index (χ3n) is 4.18. The lowest BCUT2D eigenvalue weighted by atomic mass is 10.1. The lowest BCUT2D eigenvalue weighted by Crippen LogP contribution is -2.39. The average Bonchev–Trinajstić information content (AvgIpc) is 2.67. The van der Waals surface area contributed by atoms with Gasteiger partial charge in [-0.3, -0.25) is 9.69 Å². The zero-order valence-electron chi connectivity index (χ0n) is 15.4. The van der Waals surface area contributed by atoms with Crippen LogP contribution >= 0.6 is 0 Å². The number of rotatable bonds is 7. The number of hydrogen-bond donors (Lipinski definition) is 1. The van der Waals surface area contributed by atoms with E-state index >= 15 is 0 Å². The molecule has 1 amide bonds. The minimum Gasteiger partial charge on any atom is -0.493 e. The van der Waals surface area contributed by atoms with E-state index in [9.17, 15) is 4.79 Å². The number of nitrogens with one attached hydrogen (secondary N) is 1. The summed E-state index contributed by atoms with van der Waals surface area (Å²) in [5.74, 6) is 1.19. The highest BCUT2D eigenvalue weighted by Crippen LogP contribution is 2.28. The number of benzene rings is 2. The van der Waals surface area contributed by atoms with Crippen LogP contribution in [0.25, 0.3) is 0 Å². The Hall–Kier alpha value is -3.04. The average molecular weight is 353 g/mol. The van der Waals surface area contributed by atoms with E-state index in [1.54, 1.807) is 38.5 Å². The molecule has 0 saturated heterocycles. The van der Waals surface area contributed by atoms with Gasteiger partial charge in [0.1, 0.15) is 0 Å². The Morgan fingerprint density at radius 2 is 1.92 bits per heavy atom. The molecule has 0 radical (unpaired) electrons. The van der Waals surface area contributed by atoms with Crippen molar-refractivity contribution >= 4 is 11.6 Å². The van der Waals surface area contributed by atoms with E-state index in [4.69, 9.17) is 14.7 Å². The summed E-state index contributed by atoms with van der Waals surface area (Å²) in [5, 5.41) is 11.8. The maximum absolute atomic E-state index is 12.5. The first-order valence-corrected chi connectivity index (χ1v) is 8.20. The molecule has 0 aliphatic heterocycles. The molecule has 0 aromatic heterocycles. The number of ether oxygens (including phenoxy) is 2. The van der Waals surface area contributed by atoms with Gasteiger partial charge in [-0.05, 0) is 49.9 Å². The van der Waals surface area contributed by atoms with Gasteiger partial charge in [-0.2, -0.15) is 5.26 Å². The number of nitriles is 1. The Morgan fingerprint density at radius 1 is 1.19 bits per heavy atom. The van der Waals surface area contributed by atoms with Gasteiger partial charge in [0.05, 0.1) is 31.9 Å². The summed E-state index contributed by atoms with van der Waals surface area (Å²) < 4.78 is 10.6. The fraction of sp³-hybridized carbons (Fsp3) is 0.300. The molecule has 136 valence electrons. The van der Waals surface area contributed by atoms with Crippen LogP contribution in [0.1, 0.15) is 18.1 Å². The van der Waals surface area contributed by atoms with Crippen LogP contribution in [-0.2, 0) is 11.3 Å². The van der Waals surface area contributed by atoms with Crippen LogP contribution in [0, 0.1) is 11.3 Å². The maximum Gasteiger partial charge on any atom is 0.241 e. The highest BCUT2D eigenvalue weighted by Gasteiger charge is 2.19. The fourth-order valence-corrected chi connectivity index (χ4v) is 2.52. The second-order valence-corrected chi connectivity index (χ2v) is 5.96. The number of carbonyl (C=O) groups excluding carboxylic acids is 1. The third kappa shape index (κ3) is 4.74. The van der Waals surface area contributed by atoms with Crippen LogP contribution in [0.3, 0.4) is 0 Å². The van der Waals surface area contributed by atoms with Crippen molar-refractivity contribution in [3.8, 4) is 17.6 Å². The molecule has 2 aromatic carbocycles. The molecule has 6 heteroatoms. The number of nitrogens with zero attached hydrogens (tertiary/aromatic N) is 2. The van der Waals surface area contributed by atoms with Crippen LogP contribution in [0.2, 0.25) is 0 Å². The molecule has 26 heavy (non-hydrogen) atoms. The van der Waals surface area contributed by atoms with E-state index in [0.29, 0.717) is 29.3 Å². The smallest absolute Gasteiger partial charge is 0.241 e. The van der Waals surface area contributed by atoms with Gasteiger partial charge in [-0.1, -0.05) is 12.1 Å². The molecule has 2 rings (SSSR count). The molecule has 0 saturated carbocycles. The van der Waals surface area contributed by atoms with Crippen molar-refractivity contribution in [2.45, 2.75) is 19.5 Å². The van der Waals surface area contributed by atoms with Crippen molar-refractivity contribution in [2.24, 2.45) is 0 Å². The van der Waals surface area contributed by atoms with Crippen molar-refractivity contribution < 1.29 is 14.3 Å². The molecule has 0 heterocycles. The fourth-order valence-electron chi connectivity index (χ4n) is 2.52. The Kier molecular flexibility index (Phi) is 6.59. The van der Waals surface area contributed by atoms with E-state index < -0.39 is 0 Å². The highest BCUT2D eigenvalue weighted by atomic mass is 16.5. The molecule has 0 spiro atoms. The summed E-state index contributed by atoms with van der Waals surface area (Å²) >= 11 is 0. The SMILES string of the molecule is COc1ccc(CN(C)[C@H](C)C(=O)Nc2cccc(C#N)c2)cc1OC. The summed E-state index contributed by atoms with van der Waals surface area (Å²) in [7, 11) is 5.07. The number of anilines is 1. The third-order valence-corrected chi connectivity index (χ3v) is 4.18. The predicted octanol–water partition coefficient (Wildman–Crippen LogP) is 3.03. The second kappa shape index (κ2) is 8.88. The molecule has 0 aliphatic carbocycles. The minimum absolute atomic E-state index is 0.136. The number of hydrogen-bond acceptors (Lipinski definition) is 5. The predicted molar refractivity (Wildman–Crippen MR) is 100 cm³/mol. The maximum atomic E-state index is 12.5. The summed E-state index contributed by atoms with van der Waals surface area (Å²) in [6.07, 6.45) is 0. The molecule has 1 N–H and O–H groups in total. The van der Waals surface area contributed by atoms with Gasteiger partial charge in [-0.25, -0.2) is 0 Å². The monoisotopic (exact) mass is 353 g/mol. The van der Waals surface area contributed by atoms with Gasteiger partial charge >= 0.3 is 0 Å². The normalized spacial score (nSPS) is 11.5. The van der Waals surface area contributed by atoms with Gasteiger partial charge in [0.2, 0.25) is 5.91 Å². The van der Waals surface area contributed by atoms with E-state index in [1.807, 2.05) is 37.1 Å². The second-order valence-electron chi connectivity index (χ2n) is 5.96. The molecule has 0 unspecified atom stereocenters. The lowest BCUT2D eigenvalue weighted by Gasteiger charge is -2.24. The molecule has 0 fully saturated rings. The van der Waals surface area contributed by atoms with Crippen LogP contribution in [0.15, 0.2) is 42.5 Å². The van der Waals surface area contributed by atoms with Crippen molar-refractivity contribution in [1.29, 1.82) is 5.26 Å². The van der Waals surface area contributed by atoms with Crippen LogP contribution in [-0.4, -0.2) is 38.1 Å². The molecule has 1 atom stereocenters. The van der Waals surface area contributed by atoms with Crippen LogP contribution in [0.4, 0.5) is 5.69 Å². The van der Waals surface area contributed by atoms with Gasteiger partial charge in [0, 0.05) is 12.2 Å². The number of methoxy groups -OCH3 is 2. The molecule has 0 aliphatic rings. The van der Waals surface area contributed by atoms with Gasteiger partial charge < -0.3 is 14.8 Å². The molecule has 6 nitrogen and oxygen atoms in total. The van der Waals surface area contributed by atoms with E-state index in [2.05, 4.69) is 11.4 Å². The highest BCUT2D eigenvalue weighted by molar-refractivity contribution is 5.94. The van der Waals surface area contributed by atoms with Crippen LogP contribution < -0.4 is 14.8 Å². The number of carbonyl (C=O) groups is 1. The summed E-state index contributed by atoms with van der Waals surface area (Å²) in [5.41, 5.74) is 2.13. The summed E-state index contributed by atoms with van der Waals surface area (Å²) in [6.45, 7) is 2.41. The molecule has 2 aromatic rings. The zero-order chi connectivity index (χ0) is 19.1. The minimum atomic E-state index is -0.353. The van der Waals surface area contributed by atoms with Crippen LogP contribution in [0.5, 0.6) is 11.5 Å². The number of amides is 1. The van der Waals surface area contributed by atoms with Crippen molar-refractivity contribution in [3.05, 3.63) is 53.6 Å². The van der Waals surface area contributed by atoms with E-state index in [1.165, 1.54) is 0 Å². The summed E-state index contributed by atoms with van der Waals surface area (Å²) in [4.78, 5) is 14.4. The van der Waals surface area contributed by atoms with Gasteiger partial charge in [-0.15, -0.1) is 0 Å². The molecule has 0 bridgehead atoms. The Balaban J connectivity index is 2.03. The van der Waals surface area contributed by atoms with Crippen molar-refractivity contribution in [2.75, 3.05) is 26.6 Å². The lowest BCUT2D eigenvalue weighted by molar-refractivity contribution is -0.120. The van der Waals surface area contributed by atoms with E-state index in [-0.39, 0.29) is 11.9 Å². The topological polar surface area (TPSA) is 74.6 Å². The number of likely N-dealkylation sites (N-methyl/N-ethyl adjacent to an activating group) is 1. The van der Waals surface area contributed by atoms with Gasteiger partial charge in [0.25, 0.3) is 0 Å². The standard InChI is InChI=1S/C20H23N3O3/c1-14(20(24)22-17-7-5-6-15(10-17)12-21)23(2)13-16-8-9-18(25-3)19(11-16)26-4/h5-11,14H,13H2,1-4H3,(H,22,24)/t14-/m1/s1. The Bertz CT molecular complexity index is 814. The first kappa shape index (κ1) is 19.3. The molecular formula is C20H23N3O3. The van der Waals surface area contributed by atoms with E-state index in [0.717, 1.165) is 5.56 Å². The summed E-state index contributed by atoms with van der Waals surface area (Å²) in [6, 6.07) is 14.3. The van der Waals surface area contributed by atoms with Gasteiger partial charge in [0.15, 0.2) is 11.5 Å². The first-order valence-electron chi connectivity index (χ1n) is 8.20. The Labute approximate surface area is 153 Å².